The largest absolute Gasteiger partial charge is 0.378 e. The quantitative estimate of drug-likeness (QED) is 0.718. The lowest BCUT2D eigenvalue weighted by atomic mass is 10.1. The van der Waals surface area contributed by atoms with Gasteiger partial charge < -0.3 is 9.64 Å². The van der Waals surface area contributed by atoms with Crippen LogP contribution in [0.25, 0.3) is 22.3 Å². The van der Waals surface area contributed by atoms with Crippen LogP contribution in [-0.4, -0.2) is 41.3 Å². The molecule has 1 saturated heterocycles. The minimum absolute atomic E-state index is 0.284. The summed E-state index contributed by atoms with van der Waals surface area (Å²) in [7, 11) is 0. The number of hydrogen-bond acceptors (Lipinski definition) is 5. The number of pyridine rings is 1. The molecule has 0 spiro atoms. The zero-order chi connectivity index (χ0) is 17.4. The van der Waals surface area contributed by atoms with Gasteiger partial charge in [-0.15, -0.1) is 0 Å². The molecule has 25 heavy (non-hydrogen) atoms. The van der Waals surface area contributed by atoms with E-state index in [9.17, 15) is 4.39 Å². The van der Waals surface area contributed by atoms with E-state index in [-0.39, 0.29) is 5.82 Å². The first-order valence-corrected chi connectivity index (χ1v) is 8.36. The lowest BCUT2D eigenvalue weighted by Gasteiger charge is -2.27. The summed E-state index contributed by atoms with van der Waals surface area (Å²) in [6.45, 7) is 6.49. The van der Waals surface area contributed by atoms with Crippen molar-refractivity contribution in [2.24, 2.45) is 0 Å². The number of fused-ring (bicyclic) bond motifs is 1. The summed E-state index contributed by atoms with van der Waals surface area (Å²) in [5.74, 6) is 0.289. The van der Waals surface area contributed by atoms with Crippen molar-refractivity contribution in [3.05, 3.63) is 47.4 Å². The predicted molar refractivity (Wildman–Crippen MR) is 95.2 cm³/mol. The molecule has 1 aliphatic rings. The molecule has 0 radical (unpaired) electrons. The fraction of sp³-hybridized carbons (Fsp3) is 0.316. The number of nitrogens with zero attached hydrogens (tertiary/aromatic N) is 4. The molecule has 4 rings (SSSR count). The van der Waals surface area contributed by atoms with E-state index >= 15 is 0 Å². The zero-order valence-electron chi connectivity index (χ0n) is 14.3. The first kappa shape index (κ1) is 15.9. The Hall–Kier alpha value is -2.60. The van der Waals surface area contributed by atoms with Gasteiger partial charge in [0.2, 0.25) is 5.95 Å². The van der Waals surface area contributed by atoms with Gasteiger partial charge in [0, 0.05) is 29.7 Å². The van der Waals surface area contributed by atoms with Gasteiger partial charge in [0.1, 0.15) is 5.82 Å². The highest BCUT2D eigenvalue weighted by atomic mass is 19.1. The maximum Gasteiger partial charge on any atom is 0.228 e. The second-order valence-electron chi connectivity index (χ2n) is 6.28. The molecule has 0 bridgehead atoms. The normalized spacial score (nSPS) is 14.9. The van der Waals surface area contributed by atoms with Crippen LogP contribution in [0.2, 0.25) is 0 Å². The van der Waals surface area contributed by atoms with Crippen molar-refractivity contribution in [1.29, 1.82) is 0 Å². The SMILES string of the molecule is Cc1ccc(-c2nc(N3CCOCC3)nc3nc(C)ccc23)c(F)c1. The van der Waals surface area contributed by atoms with Crippen molar-refractivity contribution in [3.63, 3.8) is 0 Å². The molecule has 0 aliphatic carbocycles. The Labute approximate surface area is 145 Å². The number of hydrogen-bond donors (Lipinski definition) is 0. The molecule has 0 unspecified atom stereocenters. The Morgan fingerprint density at radius 1 is 1.00 bits per heavy atom. The third-order valence-electron chi connectivity index (χ3n) is 4.36. The molecule has 0 N–H and O–H groups in total. The standard InChI is InChI=1S/C19H19FN4O/c1-12-3-5-14(16(20)11-12)17-15-6-4-13(2)21-18(15)23-19(22-17)24-7-9-25-10-8-24/h3-6,11H,7-10H2,1-2H3. The van der Waals surface area contributed by atoms with Gasteiger partial charge in [0.15, 0.2) is 5.65 Å². The number of aromatic nitrogens is 3. The van der Waals surface area contributed by atoms with Gasteiger partial charge in [-0.1, -0.05) is 6.07 Å². The minimum Gasteiger partial charge on any atom is -0.378 e. The van der Waals surface area contributed by atoms with Crippen LogP contribution in [0.5, 0.6) is 0 Å². The summed E-state index contributed by atoms with van der Waals surface area (Å²) >= 11 is 0. The van der Waals surface area contributed by atoms with Crippen LogP contribution in [0, 0.1) is 19.7 Å². The van der Waals surface area contributed by atoms with Crippen LogP contribution < -0.4 is 4.90 Å². The summed E-state index contributed by atoms with van der Waals surface area (Å²) in [6.07, 6.45) is 0. The average Bonchev–Trinajstić information content (AvgIpc) is 2.61. The first-order valence-electron chi connectivity index (χ1n) is 8.36. The molecule has 3 heterocycles. The molecule has 128 valence electrons. The summed E-state index contributed by atoms with van der Waals surface area (Å²) in [5.41, 5.74) is 3.39. The van der Waals surface area contributed by atoms with Crippen LogP contribution in [0.4, 0.5) is 10.3 Å². The predicted octanol–water partition coefficient (Wildman–Crippen LogP) is 3.28. The van der Waals surface area contributed by atoms with Gasteiger partial charge in [-0.3, -0.25) is 0 Å². The molecule has 1 aliphatic heterocycles. The second kappa shape index (κ2) is 6.37. The summed E-state index contributed by atoms with van der Waals surface area (Å²) in [5, 5.41) is 0.755. The number of halogens is 1. The molecule has 6 heteroatoms. The number of rotatable bonds is 2. The Morgan fingerprint density at radius 2 is 1.80 bits per heavy atom. The molecular formula is C19H19FN4O. The van der Waals surface area contributed by atoms with Crippen LogP contribution in [-0.2, 0) is 4.74 Å². The van der Waals surface area contributed by atoms with E-state index in [1.54, 1.807) is 6.07 Å². The molecular weight excluding hydrogens is 319 g/mol. The average molecular weight is 338 g/mol. The first-order chi connectivity index (χ1) is 12.1. The molecule has 2 aromatic heterocycles. The van der Waals surface area contributed by atoms with Crippen molar-refractivity contribution in [1.82, 2.24) is 15.0 Å². The Bertz CT molecular complexity index is 938. The molecule has 0 saturated carbocycles. The fourth-order valence-electron chi connectivity index (χ4n) is 3.02. The smallest absolute Gasteiger partial charge is 0.228 e. The summed E-state index contributed by atoms with van der Waals surface area (Å²) < 4.78 is 20.0. The number of aryl methyl sites for hydroxylation is 2. The molecule has 0 atom stereocenters. The van der Waals surface area contributed by atoms with E-state index in [0.29, 0.717) is 49.2 Å². The van der Waals surface area contributed by atoms with Gasteiger partial charge in [0.25, 0.3) is 0 Å². The van der Waals surface area contributed by atoms with E-state index in [2.05, 4.69) is 14.9 Å². The van der Waals surface area contributed by atoms with Crippen molar-refractivity contribution < 1.29 is 9.13 Å². The van der Waals surface area contributed by atoms with Gasteiger partial charge in [0.05, 0.1) is 18.9 Å². The van der Waals surface area contributed by atoms with E-state index in [1.165, 1.54) is 6.07 Å². The minimum atomic E-state index is -0.284. The third kappa shape index (κ3) is 3.05. The van der Waals surface area contributed by atoms with Gasteiger partial charge >= 0.3 is 0 Å². The third-order valence-corrected chi connectivity index (χ3v) is 4.36. The lowest BCUT2D eigenvalue weighted by Crippen LogP contribution is -2.37. The highest BCUT2D eigenvalue weighted by Gasteiger charge is 2.19. The molecule has 5 nitrogen and oxygen atoms in total. The number of benzene rings is 1. The van der Waals surface area contributed by atoms with Crippen LogP contribution >= 0.6 is 0 Å². The maximum atomic E-state index is 14.6. The van der Waals surface area contributed by atoms with E-state index in [4.69, 9.17) is 9.72 Å². The Balaban J connectivity index is 1.94. The van der Waals surface area contributed by atoms with Crippen molar-refractivity contribution in [2.75, 3.05) is 31.2 Å². The number of anilines is 1. The van der Waals surface area contributed by atoms with Gasteiger partial charge in [-0.05, 0) is 43.7 Å². The Kier molecular flexibility index (Phi) is 4.05. The molecule has 0 amide bonds. The van der Waals surface area contributed by atoms with E-state index < -0.39 is 0 Å². The monoisotopic (exact) mass is 338 g/mol. The highest BCUT2D eigenvalue weighted by Crippen LogP contribution is 2.30. The van der Waals surface area contributed by atoms with Crippen LogP contribution in [0.15, 0.2) is 30.3 Å². The van der Waals surface area contributed by atoms with Crippen molar-refractivity contribution in [2.45, 2.75) is 13.8 Å². The van der Waals surface area contributed by atoms with Crippen molar-refractivity contribution >= 4 is 17.0 Å². The number of morpholine rings is 1. The number of ether oxygens (including phenoxy) is 1. The van der Waals surface area contributed by atoms with Crippen LogP contribution in [0.3, 0.4) is 0 Å². The molecule has 1 fully saturated rings. The zero-order valence-corrected chi connectivity index (χ0v) is 14.3. The van der Waals surface area contributed by atoms with E-state index in [0.717, 1.165) is 16.6 Å². The van der Waals surface area contributed by atoms with Crippen molar-refractivity contribution in [3.8, 4) is 11.3 Å². The maximum absolute atomic E-state index is 14.6. The fourth-order valence-corrected chi connectivity index (χ4v) is 3.02. The molecule has 1 aromatic carbocycles. The van der Waals surface area contributed by atoms with E-state index in [1.807, 2.05) is 32.0 Å². The Morgan fingerprint density at radius 3 is 2.56 bits per heavy atom. The van der Waals surface area contributed by atoms with Gasteiger partial charge in [-0.25, -0.2) is 14.4 Å². The summed E-state index contributed by atoms with van der Waals surface area (Å²) in [4.78, 5) is 15.9. The van der Waals surface area contributed by atoms with Crippen LogP contribution in [0.1, 0.15) is 11.3 Å². The second-order valence-corrected chi connectivity index (χ2v) is 6.28. The summed E-state index contributed by atoms with van der Waals surface area (Å²) in [6, 6.07) is 9.00. The van der Waals surface area contributed by atoms with Gasteiger partial charge in [-0.2, -0.15) is 4.98 Å². The lowest BCUT2D eigenvalue weighted by molar-refractivity contribution is 0.122. The topological polar surface area (TPSA) is 51.1 Å². The highest BCUT2D eigenvalue weighted by molar-refractivity contribution is 5.91. The molecule has 3 aromatic rings.